The first-order chi connectivity index (χ1) is 27.7. The van der Waals surface area contributed by atoms with Gasteiger partial charge in [-0.05, 0) is 30.7 Å². The molecule has 22 nitrogen and oxygen atoms in total. The first-order valence-corrected chi connectivity index (χ1v) is 18.9. The number of nitrogens with one attached hydrogen (secondary N) is 8. The minimum atomic E-state index is -1.51. The van der Waals surface area contributed by atoms with E-state index in [1.165, 1.54) is 6.92 Å². The number of carbonyl (C=O) groups is 10. The molecule has 7 atom stereocenters. The average Bonchev–Trinajstić information content (AvgIpc) is 3.17. The molecule has 0 unspecified atom stereocenters. The smallest absolute Gasteiger partial charge is 0.322 e. The van der Waals surface area contributed by atoms with Crippen molar-refractivity contribution in [3.8, 4) is 0 Å². The Morgan fingerprint density at radius 1 is 0.644 bits per heavy atom. The lowest BCUT2D eigenvalue weighted by atomic mass is 9.97. The van der Waals surface area contributed by atoms with Gasteiger partial charge in [0.1, 0.15) is 36.8 Å². The Labute approximate surface area is 341 Å². The quantitative estimate of drug-likeness (QED) is 0.0419. The summed E-state index contributed by atoms with van der Waals surface area (Å²) in [6, 6.07) is 0.874. The number of nitrogens with two attached hydrogens (primary N) is 2. The third-order valence-corrected chi connectivity index (χ3v) is 8.67. The van der Waals surface area contributed by atoms with Gasteiger partial charge in [0.25, 0.3) is 0 Å². The molecule has 0 saturated heterocycles. The van der Waals surface area contributed by atoms with Crippen LogP contribution in [-0.2, 0) is 54.4 Å². The topological polar surface area (TPSA) is 359 Å². The van der Waals surface area contributed by atoms with Crippen molar-refractivity contribution in [1.29, 1.82) is 0 Å². The van der Waals surface area contributed by atoms with Crippen molar-refractivity contribution < 1.29 is 58.2 Å². The third kappa shape index (κ3) is 19.7. The predicted molar refractivity (Wildman–Crippen MR) is 210 cm³/mol. The lowest BCUT2D eigenvalue weighted by Gasteiger charge is -2.27. The number of aliphatic hydroxyl groups is 1. The van der Waals surface area contributed by atoms with Gasteiger partial charge >= 0.3 is 5.97 Å². The van der Waals surface area contributed by atoms with E-state index in [2.05, 4.69) is 37.2 Å². The number of aliphatic hydroxyl groups excluding tert-OH is 1. The van der Waals surface area contributed by atoms with Crippen LogP contribution in [0.3, 0.4) is 0 Å². The zero-order chi connectivity index (χ0) is 44.8. The molecule has 0 radical (unpaired) electrons. The highest BCUT2D eigenvalue weighted by Gasteiger charge is 2.32. The van der Waals surface area contributed by atoms with Crippen molar-refractivity contribution in [2.24, 2.45) is 23.3 Å². The van der Waals surface area contributed by atoms with E-state index in [-0.39, 0.29) is 12.3 Å². The molecule has 328 valence electrons. The maximum Gasteiger partial charge on any atom is 0.322 e. The van der Waals surface area contributed by atoms with Gasteiger partial charge < -0.3 is 64.2 Å². The maximum absolute atomic E-state index is 13.7. The van der Waals surface area contributed by atoms with Crippen LogP contribution < -0.4 is 54.0 Å². The number of carboxylic acids is 1. The number of carbonyl (C=O) groups excluding carboxylic acids is 9. The van der Waals surface area contributed by atoms with Crippen molar-refractivity contribution in [2.75, 3.05) is 26.2 Å². The Hall–Kier alpha value is -6.16. The summed E-state index contributed by atoms with van der Waals surface area (Å²) in [7, 11) is 0. The van der Waals surface area contributed by atoms with E-state index in [4.69, 9.17) is 16.6 Å². The summed E-state index contributed by atoms with van der Waals surface area (Å²) in [5, 5.41) is 36.9. The van der Waals surface area contributed by atoms with Crippen molar-refractivity contribution >= 4 is 59.1 Å². The van der Waals surface area contributed by atoms with E-state index < -0.39 is 134 Å². The monoisotopic (exact) mass is 834 g/mol. The third-order valence-electron chi connectivity index (χ3n) is 8.67. The molecule has 0 aliphatic rings. The summed E-state index contributed by atoms with van der Waals surface area (Å²) in [5.41, 5.74) is 11.8. The van der Waals surface area contributed by atoms with Gasteiger partial charge in [-0.1, -0.05) is 64.4 Å². The van der Waals surface area contributed by atoms with Crippen LogP contribution in [-0.4, -0.2) is 132 Å². The summed E-state index contributed by atoms with van der Waals surface area (Å²) < 4.78 is 0. The van der Waals surface area contributed by atoms with Gasteiger partial charge in [0.15, 0.2) is 0 Å². The van der Waals surface area contributed by atoms with E-state index in [9.17, 15) is 53.1 Å². The first kappa shape index (κ1) is 50.9. The van der Waals surface area contributed by atoms with E-state index in [0.29, 0.717) is 18.4 Å². The predicted octanol–water partition coefficient (Wildman–Crippen LogP) is -4.61. The second-order valence-electron chi connectivity index (χ2n) is 14.2. The molecule has 1 aromatic carbocycles. The van der Waals surface area contributed by atoms with Crippen LogP contribution in [0.1, 0.15) is 59.4 Å². The molecule has 14 N–H and O–H groups in total. The summed E-state index contributed by atoms with van der Waals surface area (Å²) in [6.07, 6.45) is 0.0744. The van der Waals surface area contributed by atoms with Gasteiger partial charge in [-0.3, -0.25) is 47.9 Å². The van der Waals surface area contributed by atoms with Gasteiger partial charge in [-0.15, -0.1) is 0 Å². The number of aliphatic carboxylic acids is 1. The Morgan fingerprint density at radius 2 is 1.15 bits per heavy atom. The maximum atomic E-state index is 13.7. The average molecular weight is 835 g/mol. The highest BCUT2D eigenvalue weighted by molar-refractivity contribution is 5.97. The lowest BCUT2D eigenvalue weighted by molar-refractivity contribution is -0.138. The summed E-state index contributed by atoms with van der Waals surface area (Å²) >= 11 is 0. The summed E-state index contributed by atoms with van der Waals surface area (Å²) in [5.74, 6) is -9.38. The SMILES string of the molecule is CC[C@H](C)[C@H](NC(=O)CNC(=O)[C@H](CC(N)=O)NC(=O)[C@@H](N)CC(C)C)C(=O)N[C@@H](Cc1ccccc1)C(=O)NCC(=O)N[C@@H](C)C(=O)N[C@@H](CO)C(=O)NCC(=O)O. The van der Waals surface area contributed by atoms with Crippen molar-refractivity contribution in [1.82, 2.24) is 42.5 Å². The van der Waals surface area contributed by atoms with E-state index >= 15 is 0 Å². The number of amides is 9. The number of hydrogen-bond donors (Lipinski definition) is 12. The van der Waals surface area contributed by atoms with Crippen molar-refractivity contribution in [2.45, 2.75) is 96.6 Å². The van der Waals surface area contributed by atoms with Crippen LogP contribution in [0, 0.1) is 11.8 Å². The van der Waals surface area contributed by atoms with Crippen LogP contribution in [0.2, 0.25) is 0 Å². The number of carboxylic acid groups (broad SMARTS) is 1. The Balaban J connectivity index is 3.01. The zero-order valence-electron chi connectivity index (χ0n) is 33.8. The van der Waals surface area contributed by atoms with Gasteiger partial charge in [0, 0.05) is 6.42 Å². The molecular weight excluding hydrogens is 776 g/mol. The van der Waals surface area contributed by atoms with E-state index in [1.807, 2.05) is 19.2 Å². The van der Waals surface area contributed by atoms with Crippen LogP contribution in [0.25, 0.3) is 0 Å². The number of rotatable bonds is 26. The Morgan fingerprint density at radius 3 is 1.68 bits per heavy atom. The number of hydrogen-bond acceptors (Lipinski definition) is 12. The molecule has 0 spiro atoms. The molecule has 0 aromatic heterocycles. The molecular formula is C37H58N10O12. The van der Waals surface area contributed by atoms with E-state index in [0.717, 1.165) is 0 Å². The molecule has 22 heteroatoms. The molecule has 0 fully saturated rings. The molecule has 0 heterocycles. The fourth-order valence-corrected chi connectivity index (χ4v) is 5.27. The van der Waals surface area contributed by atoms with Gasteiger partial charge in [-0.2, -0.15) is 0 Å². The normalized spacial score (nSPS) is 14.4. The van der Waals surface area contributed by atoms with Gasteiger partial charge in [0.05, 0.1) is 32.2 Å². The van der Waals surface area contributed by atoms with Crippen LogP contribution in [0.15, 0.2) is 30.3 Å². The van der Waals surface area contributed by atoms with Crippen LogP contribution in [0.5, 0.6) is 0 Å². The number of benzene rings is 1. The molecule has 0 aliphatic heterocycles. The minimum absolute atomic E-state index is 0.0453. The summed E-state index contributed by atoms with van der Waals surface area (Å²) in [6.45, 7) is 5.43. The summed E-state index contributed by atoms with van der Waals surface area (Å²) in [4.78, 5) is 125. The molecule has 0 saturated carbocycles. The second kappa shape index (κ2) is 26.0. The standard InChI is InChI=1S/C37H58N10O12/c1-6-20(4)31(47-29(51)16-41-35(57)25(14-27(39)49)44-33(55)23(38)12-19(2)3)37(59)45-24(13-22-10-8-7-9-11-22)34(56)40-15-28(50)43-21(5)32(54)46-26(18-48)36(58)42-17-30(52)53/h7-11,19-21,23-26,31,48H,6,12-18,38H2,1-5H3,(H2,39,49)(H,40,56)(H,41,57)(H,42,58)(H,43,50)(H,44,55)(H,45,59)(H,46,54)(H,47,51)(H,52,53)/t20-,21-,23-,24-,25-,26-,31-/m0/s1. The number of primary amides is 1. The molecule has 0 bridgehead atoms. The first-order valence-electron chi connectivity index (χ1n) is 18.9. The van der Waals surface area contributed by atoms with Gasteiger partial charge in [-0.25, -0.2) is 0 Å². The minimum Gasteiger partial charge on any atom is -0.480 e. The van der Waals surface area contributed by atoms with Crippen molar-refractivity contribution in [3.63, 3.8) is 0 Å². The lowest BCUT2D eigenvalue weighted by Crippen LogP contribution is -2.58. The second-order valence-corrected chi connectivity index (χ2v) is 14.2. The molecule has 1 rings (SSSR count). The molecule has 9 amide bonds. The highest BCUT2D eigenvalue weighted by Crippen LogP contribution is 2.10. The van der Waals surface area contributed by atoms with Gasteiger partial charge in [0.2, 0.25) is 53.2 Å². The molecule has 1 aromatic rings. The van der Waals surface area contributed by atoms with Crippen molar-refractivity contribution in [3.05, 3.63) is 35.9 Å². The Bertz CT molecular complexity index is 1640. The largest absolute Gasteiger partial charge is 0.480 e. The fraction of sp³-hybridized carbons (Fsp3) is 0.568. The highest BCUT2D eigenvalue weighted by atomic mass is 16.4. The van der Waals surface area contributed by atoms with Crippen LogP contribution in [0.4, 0.5) is 0 Å². The molecule has 0 aliphatic carbocycles. The van der Waals surface area contributed by atoms with E-state index in [1.54, 1.807) is 44.2 Å². The molecule has 59 heavy (non-hydrogen) atoms. The fourth-order valence-electron chi connectivity index (χ4n) is 5.27. The van der Waals surface area contributed by atoms with Crippen LogP contribution >= 0.6 is 0 Å². The Kier molecular flexibility index (Phi) is 22.4. The zero-order valence-corrected chi connectivity index (χ0v) is 33.8.